The molecule has 0 aliphatic heterocycles. The Bertz CT molecular complexity index is 724. The van der Waals surface area contributed by atoms with E-state index in [0.29, 0.717) is 28.1 Å². The second kappa shape index (κ2) is 5.11. The first-order valence-electron chi connectivity index (χ1n) is 5.75. The van der Waals surface area contributed by atoms with Crippen LogP contribution in [0, 0.1) is 0 Å². The smallest absolute Gasteiger partial charge is 0.214 e. The van der Waals surface area contributed by atoms with Gasteiger partial charge in [0.25, 0.3) is 0 Å². The molecule has 96 valence electrons. The predicted molar refractivity (Wildman–Crippen MR) is 77.8 cm³/mol. The molecule has 0 aliphatic rings. The van der Waals surface area contributed by atoms with Gasteiger partial charge in [0, 0.05) is 21.8 Å². The highest BCUT2D eigenvalue weighted by molar-refractivity contribution is 6.31. The number of hydrogen-bond acceptors (Lipinski definition) is 3. The van der Waals surface area contributed by atoms with Gasteiger partial charge in [-0.05, 0) is 30.3 Å². The maximum atomic E-state index is 5.91. The van der Waals surface area contributed by atoms with E-state index in [-0.39, 0.29) is 0 Å². The van der Waals surface area contributed by atoms with Crippen molar-refractivity contribution in [3.8, 4) is 0 Å². The number of nitrogens with zero attached hydrogens (tertiary/aromatic N) is 1. The van der Waals surface area contributed by atoms with Gasteiger partial charge in [0.1, 0.15) is 5.52 Å². The minimum atomic E-state index is 0.493. The highest BCUT2D eigenvalue weighted by Crippen LogP contribution is 2.21. The SMILES string of the molecule is Clc1cccc(NCc2nc3ccc(Cl)cc3o2)c1. The lowest BCUT2D eigenvalue weighted by Gasteiger charge is -2.03. The van der Waals surface area contributed by atoms with Gasteiger partial charge < -0.3 is 9.73 Å². The Balaban J connectivity index is 1.78. The summed E-state index contributed by atoms with van der Waals surface area (Å²) in [4.78, 5) is 4.37. The highest BCUT2D eigenvalue weighted by atomic mass is 35.5. The monoisotopic (exact) mass is 292 g/mol. The molecule has 1 aromatic heterocycles. The molecule has 0 saturated carbocycles. The van der Waals surface area contributed by atoms with E-state index in [2.05, 4.69) is 10.3 Å². The molecule has 0 fully saturated rings. The molecule has 3 nitrogen and oxygen atoms in total. The number of rotatable bonds is 3. The summed E-state index contributed by atoms with van der Waals surface area (Å²) in [7, 11) is 0. The average Bonchev–Trinajstić information content (AvgIpc) is 2.78. The Morgan fingerprint density at radius 1 is 1.05 bits per heavy atom. The molecule has 3 rings (SSSR count). The van der Waals surface area contributed by atoms with Gasteiger partial charge in [0.2, 0.25) is 5.89 Å². The van der Waals surface area contributed by atoms with Crippen molar-refractivity contribution < 1.29 is 4.42 Å². The summed E-state index contributed by atoms with van der Waals surface area (Å²) in [6, 6.07) is 12.9. The summed E-state index contributed by atoms with van der Waals surface area (Å²) in [5.41, 5.74) is 2.41. The molecule has 0 bridgehead atoms. The van der Waals surface area contributed by atoms with Crippen LogP contribution in [-0.4, -0.2) is 4.98 Å². The van der Waals surface area contributed by atoms with Crippen molar-refractivity contribution in [3.63, 3.8) is 0 Å². The largest absolute Gasteiger partial charge is 0.439 e. The van der Waals surface area contributed by atoms with Gasteiger partial charge in [-0.3, -0.25) is 0 Å². The molecule has 2 aromatic carbocycles. The van der Waals surface area contributed by atoms with E-state index in [9.17, 15) is 0 Å². The van der Waals surface area contributed by atoms with E-state index in [1.165, 1.54) is 0 Å². The molecular formula is C14H10Cl2N2O. The van der Waals surface area contributed by atoms with Gasteiger partial charge in [0.15, 0.2) is 5.58 Å². The van der Waals surface area contributed by atoms with Crippen LogP contribution < -0.4 is 5.32 Å². The summed E-state index contributed by atoms with van der Waals surface area (Å²) >= 11 is 11.8. The fourth-order valence-electron chi connectivity index (χ4n) is 1.80. The lowest BCUT2D eigenvalue weighted by molar-refractivity contribution is 0.540. The van der Waals surface area contributed by atoms with E-state index in [4.69, 9.17) is 27.6 Å². The first-order chi connectivity index (χ1) is 9.20. The van der Waals surface area contributed by atoms with Gasteiger partial charge in [-0.15, -0.1) is 0 Å². The van der Waals surface area contributed by atoms with Gasteiger partial charge >= 0.3 is 0 Å². The van der Waals surface area contributed by atoms with E-state index in [1.807, 2.05) is 30.3 Å². The minimum Gasteiger partial charge on any atom is -0.439 e. The number of oxazole rings is 1. The molecule has 3 aromatic rings. The molecular weight excluding hydrogens is 283 g/mol. The standard InChI is InChI=1S/C14H10Cl2N2O/c15-9-2-1-3-11(6-9)17-8-14-18-12-5-4-10(16)7-13(12)19-14/h1-7,17H,8H2. The fraction of sp³-hybridized carbons (Fsp3) is 0.0714. The van der Waals surface area contributed by atoms with Crippen molar-refractivity contribution in [2.75, 3.05) is 5.32 Å². The highest BCUT2D eigenvalue weighted by Gasteiger charge is 2.06. The molecule has 0 aliphatic carbocycles. The number of halogens is 2. The van der Waals surface area contributed by atoms with Gasteiger partial charge in [-0.2, -0.15) is 0 Å². The van der Waals surface area contributed by atoms with Crippen LogP contribution in [0.3, 0.4) is 0 Å². The van der Waals surface area contributed by atoms with Crippen LogP contribution in [0.2, 0.25) is 10.0 Å². The van der Waals surface area contributed by atoms with Gasteiger partial charge in [-0.1, -0.05) is 29.3 Å². The zero-order chi connectivity index (χ0) is 13.2. The summed E-state index contributed by atoms with van der Waals surface area (Å²) in [5.74, 6) is 0.609. The van der Waals surface area contributed by atoms with Crippen molar-refractivity contribution in [1.82, 2.24) is 4.98 Å². The Kier molecular flexibility index (Phi) is 3.32. The van der Waals surface area contributed by atoms with Crippen LogP contribution in [0.1, 0.15) is 5.89 Å². The van der Waals surface area contributed by atoms with E-state index in [0.717, 1.165) is 11.2 Å². The lowest BCUT2D eigenvalue weighted by atomic mass is 10.3. The van der Waals surface area contributed by atoms with Crippen LogP contribution in [-0.2, 0) is 6.54 Å². The summed E-state index contributed by atoms with van der Waals surface area (Å²) in [5, 5.41) is 4.53. The summed E-state index contributed by atoms with van der Waals surface area (Å²) in [6.45, 7) is 0.493. The summed E-state index contributed by atoms with van der Waals surface area (Å²) < 4.78 is 5.61. The van der Waals surface area contributed by atoms with E-state index >= 15 is 0 Å². The van der Waals surface area contributed by atoms with Gasteiger partial charge in [0.05, 0.1) is 6.54 Å². The van der Waals surface area contributed by atoms with Crippen LogP contribution >= 0.6 is 23.2 Å². The second-order valence-electron chi connectivity index (χ2n) is 4.08. The quantitative estimate of drug-likeness (QED) is 0.757. The third-order valence-corrected chi connectivity index (χ3v) is 3.13. The topological polar surface area (TPSA) is 38.1 Å². The maximum Gasteiger partial charge on any atom is 0.214 e. The molecule has 0 amide bonds. The van der Waals surface area contributed by atoms with Crippen molar-refractivity contribution >= 4 is 40.0 Å². The van der Waals surface area contributed by atoms with Crippen LogP contribution in [0.15, 0.2) is 46.9 Å². The summed E-state index contributed by atoms with van der Waals surface area (Å²) in [6.07, 6.45) is 0. The molecule has 5 heteroatoms. The third-order valence-electron chi connectivity index (χ3n) is 2.66. The van der Waals surface area contributed by atoms with Crippen LogP contribution in [0.5, 0.6) is 0 Å². The van der Waals surface area contributed by atoms with E-state index < -0.39 is 0 Å². The molecule has 0 spiro atoms. The number of anilines is 1. The lowest BCUT2D eigenvalue weighted by Crippen LogP contribution is -1.99. The zero-order valence-corrected chi connectivity index (χ0v) is 11.4. The maximum absolute atomic E-state index is 5.91. The first-order valence-corrected chi connectivity index (χ1v) is 6.51. The zero-order valence-electron chi connectivity index (χ0n) is 9.86. The van der Waals surface area contributed by atoms with Crippen molar-refractivity contribution in [1.29, 1.82) is 0 Å². The third kappa shape index (κ3) is 2.83. The number of fused-ring (bicyclic) bond motifs is 1. The normalized spacial score (nSPS) is 10.8. The Hall–Kier alpha value is -1.71. The van der Waals surface area contributed by atoms with E-state index in [1.54, 1.807) is 12.1 Å². The average molecular weight is 293 g/mol. The van der Waals surface area contributed by atoms with Gasteiger partial charge in [-0.25, -0.2) is 4.98 Å². The Morgan fingerprint density at radius 2 is 1.89 bits per heavy atom. The Morgan fingerprint density at radius 3 is 2.74 bits per heavy atom. The number of aromatic nitrogens is 1. The molecule has 0 atom stereocenters. The Labute approximate surface area is 120 Å². The number of nitrogens with one attached hydrogen (secondary N) is 1. The second-order valence-corrected chi connectivity index (χ2v) is 4.96. The van der Waals surface area contributed by atoms with Crippen LogP contribution in [0.4, 0.5) is 5.69 Å². The molecule has 0 saturated heterocycles. The first kappa shape index (κ1) is 12.3. The minimum absolute atomic E-state index is 0.493. The van der Waals surface area contributed by atoms with Crippen LogP contribution in [0.25, 0.3) is 11.1 Å². The fourth-order valence-corrected chi connectivity index (χ4v) is 2.15. The van der Waals surface area contributed by atoms with Crippen molar-refractivity contribution in [2.24, 2.45) is 0 Å². The number of benzene rings is 2. The predicted octanol–water partition coefficient (Wildman–Crippen LogP) is 4.75. The molecule has 0 radical (unpaired) electrons. The molecule has 1 N–H and O–H groups in total. The van der Waals surface area contributed by atoms with Crippen molar-refractivity contribution in [2.45, 2.75) is 6.54 Å². The molecule has 19 heavy (non-hydrogen) atoms. The molecule has 1 heterocycles. The number of hydrogen-bond donors (Lipinski definition) is 1. The van der Waals surface area contributed by atoms with Crippen molar-refractivity contribution in [3.05, 3.63) is 58.4 Å². The molecule has 0 unspecified atom stereocenters.